The topological polar surface area (TPSA) is 79.6 Å². The van der Waals surface area contributed by atoms with Gasteiger partial charge in [-0.15, -0.1) is 22.7 Å². The number of aromatic hydroxyl groups is 1. The second kappa shape index (κ2) is 12.0. The van der Waals surface area contributed by atoms with Gasteiger partial charge >= 0.3 is 0 Å². The zero-order valence-electron chi connectivity index (χ0n) is 21.4. The fraction of sp³-hybridized carbons (Fsp3) is 0.290. The summed E-state index contributed by atoms with van der Waals surface area (Å²) in [4.78, 5) is 35.8. The van der Waals surface area contributed by atoms with Gasteiger partial charge in [-0.1, -0.05) is 12.1 Å². The van der Waals surface area contributed by atoms with Crippen LogP contribution in [-0.2, 0) is 19.3 Å². The van der Waals surface area contributed by atoms with Gasteiger partial charge < -0.3 is 5.11 Å². The second-order valence-electron chi connectivity index (χ2n) is 9.64. The normalized spacial score (nSPS) is 13.3. The van der Waals surface area contributed by atoms with Crippen LogP contribution in [0.4, 0.5) is 0 Å². The highest BCUT2D eigenvalue weighted by Crippen LogP contribution is 2.40. The largest absolute Gasteiger partial charge is 0.506 e. The fourth-order valence-corrected chi connectivity index (χ4v) is 6.71. The van der Waals surface area contributed by atoms with Gasteiger partial charge in [0.15, 0.2) is 11.6 Å². The average molecular weight is 543 g/mol. The Bertz CT molecular complexity index is 1480. The van der Waals surface area contributed by atoms with E-state index < -0.39 is 0 Å². The van der Waals surface area contributed by atoms with Crippen LogP contribution in [0.15, 0.2) is 65.2 Å². The summed E-state index contributed by atoms with van der Waals surface area (Å²) in [5, 5.41) is 12.9. The van der Waals surface area contributed by atoms with E-state index in [0.717, 1.165) is 41.7 Å². The lowest BCUT2D eigenvalue weighted by Crippen LogP contribution is -2.04. The van der Waals surface area contributed by atoms with Gasteiger partial charge in [0, 0.05) is 35.5 Å². The SMILES string of the molecule is CC(=NCC(=O)c1ccc(C(=O)CCCc2ccncc2)s1)c1csc(-c2ccc3c(c2)CCCC3)c1O. The minimum Gasteiger partial charge on any atom is -0.506 e. The van der Waals surface area contributed by atoms with Crippen LogP contribution in [0.25, 0.3) is 10.4 Å². The maximum atomic E-state index is 12.8. The predicted molar refractivity (Wildman–Crippen MR) is 155 cm³/mol. The van der Waals surface area contributed by atoms with Crippen molar-refractivity contribution in [2.75, 3.05) is 6.54 Å². The molecule has 0 atom stereocenters. The maximum Gasteiger partial charge on any atom is 0.194 e. The van der Waals surface area contributed by atoms with Crippen LogP contribution in [0.5, 0.6) is 5.75 Å². The smallest absolute Gasteiger partial charge is 0.194 e. The van der Waals surface area contributed by atoms with Crippen LogP contribution in [0.3, 0.4) is 0 Å². The number of fused-ring (bicyclic) bond motifs is 1. The summed E-state index contributed by atoms with van der Waals surface area (Å²) in [6.45, 7) is 1.79. The molecule has 3 heterocycles. The zero-order chi connectivity index (χ0) is 26.5. The van der Waals surface area contributed by atoms with Crippen molar-refractivity contribution in [1.29, 1.82) is 0 Å². The van der Waals surface area contributed by atoms with E-state index in [1.807, 2.05) is 24.4 Å². The molecule has 1 aliphatic rings. The summed E-state index contributed by atoms with van der Waals surface area (Å²) in [5.41, 5.74) is 6.26. The van der Waals surface area contributed by atoms with Crippen LogP contribution in [0, 0.1) is 0 Å². The standard InChI is InChI=1S/C31H30N2O3S2/c1-20(25-19-37-31(30(25)36)24-10-9-22-6-2-3-7-23(22)17-24)33-18-27(35)29-12-11-28(38-29)26(34)8-4-5-21-13-15-32-16-14-21/h9-17,19,36H,2-8,18H2,1H3. The molecule has 194 valence electrons. The first-order valence-electron chi connectivity index (χ1n) is 13.0. The second-order valence-corrected chi connectivity index (χ2v) is 11.6. The van der Waals surface area contributed by atoms with Crippen LogP contribution in [0.1, 0.15) is 74.2 Å². The molecule has 1 aromatic carbocycles. The van der Waals surface area contributed by atoms with Gasteiger partial charge in [0.1, 0.15) is 12.3 Å². The number of aryl methyl sites for hydroxylation is 3. The van der Waals surface area contributed by atoms with Gasteiger partial charge in [0.25, 0.3) is 0 Å². The van der Waals surface area contributed by atoms with Gasteiger partial charge in [-0.25, -0.2) is 0 Å². The summed E-state index contributed by atoms with van der Waals surface area (Å²) in [6.07, 6.45) is 10.2. The lowest BCUT2D eigenvalue weighted by Gasteiger charge is -2.16. The molecule has 0 aliphatic heterocycles. The first-order chi connectivity index (χ1) is 18.5. The highest BCUT2D eigenvalue weighted by molar-refractivity contribution is 7.16. The van der Waals surface area contributed by atoms with E-state index in [9.17, 15) is 14.7 Å². The van der Waals surface area contributed by atoms with Gasteiger partial charge in [0.05, 0.1) is 14.6 Å². The number of Topliss-reactive ketones (excluding diaryl/α,β-unsaturated/α-hetero) is 2. The number of benzene rings is 1. The molecule has 3 aromatic heterocycles. The lowest BCUT2D eigenvalue weighted by molar-refractivity contribution is 0.0982. The number of nitrogens with zero attached hydrogens (tertiary/aromatic N) is 2. The number of pyridine rings is 1. The monoisotopic (exact) mass is 542 g/mol. The fourth-order valence-electron chi connectivity index (χ4n) is 4.80. The summed E-state index contributed by atoms with van der Waals surface area (Å²) in [5.74, 6) is 0.144. The number of hydrogen-bond acceptors (Lipinski definition) is 7. The molecule has 4 aromatic rings. The first kappa shape index (κ1) is 26.2. The molecule has 0 saturated carbocycles. The Morgan fingerprint density at radius 2 is 1.71 bits per heavy atom. The van der Waals surface area contributed by atoms with E-state index in [1.165, 1.54) is 46.6 Å². The van der Waals surface area contributed by atoms with Crippen LogP contribution in [-0.4, -0.2) is 33.9 Å². The van der Waals surface area contributed by atoms with Crippen molar-refractivity contribution in [2.24, 2.45) is 4.99 Å². The number of thiophene rings is 2. The highest BCUT2D eigenvalue weighted by atomic mass is 32.1. The molecule has 38 heavy (non-hydrogen) atoms. The lowest BCUT2D eigenvalue weighted by atomic mass is 9.90. The quantitative estimate of drug-likeness (QED) is 0.168. The predicted octanol–water partition coefficient (Wildman–Crippen LogP) is 7.35. The van der Waals surface area contributed by atoms with Crippen molar-refractivity contribution in [3.63, 3.8) is 0 Å². The van der Waals surface area contributed by atoms with Gasteiger partial charge in [-0.2, -0.15) is 0 Å². The molecule has 0 bridgehead atoms. The molecular weight excluding hydrogens is 512 g/mol. The molecule has 0 saturated heterocycles. The van der Waals surface area contributed by atoms with Gasteiger partial charge in [0.2, 0.25) is 0 Å². The van der Waals surface area contributed by atoms with Crippen LogP contribution in [0.2, 0.25) is 0 Å². The Hall–Kier alpha value is -3.42. The van der Waals surface area contributed by atoms with Gasteiger partial charge in [-0.05, 0) is 98.0 Å². The molecule has 0 spiro atoms. The summed E-state index contributed by atoms with van der Waals surface area (Å²) in [6, 6.07) is 13.8. The third-order valence-corrected chi connectivity index (χ3v) is 9.19. The number of rotatable bonds is 10. The van der Waals surface area contributed by atoms with Crippen molar-refractivity contribution in [3.05, 3.63) is 92.2 Å². The van der Waals surface area contributed by atoms with Crippen molar-refractivity contribution in [1.82, 2.24) is 4.98 Å². The van der Waals surface area contributed by atoms with Gasteiger partial charge in [-0.3, -0.25) is 19.6 Å². The Morgan fingerprint density at radius 3 is 2.50 bits per heavy atom. The van der Waals surface area contributed by atoms with E-state index in [4.69, 9.17) is 0 Å². The van der Waals surface area contributed by atoms with E-state index in [1.54, 1.807) is 24.5 Å². The van der Waals surface area contributed by atoms with E-state index in [-0.39, 0.29) is 23.9 Å². The summed E-state index contributed by atoms with van der Waals surface area (Å²) in [7, 11) is 0. The van der Waals surface area contributed by atoms with Crippen molar-refractivity contribution in [3.8, 4) is 16.2 Å². The highest BCUT2D eigenvalue weighted by Gasteiger charge is 2.18. The third-order valence-electron chi connectivity index (χ3n) is 7.00. The average Bonchev–Trinajstić information content (AvgIpc) is 3.59. The Morgan fingerprint density at radius 1 is 0.974 bits per heavy atom. The molecule has 7 heteroatoms. The number of aromatic nitrogens is 1. The molecular formula is C31H30N2O3S2. The van der Waals surface area contributed by atoms with E-state index in [2.05, 4.69) is 28.2 Å². The maximum absolute atomic E-state index is 12.8. The van der Waals surface area contributed by atoms with Crippen LogP contribution >= 0.6 is 22.7 Å². The van der Waals surface area contributed by atoms with Crippen molar-refractivity contribution < 1.29 is 14.7 Å². The Balaban J connectivity index is 1.19. The van der Waals surface area contributed by atoms with E-state index in [0.29, 0.717) is 27.5 Å². The number of ketones is 2. The number of carbonyl (C=O) groups is 2. The molecule has 5 rings (SSSR count). The zero-order valence-corrected chi connectivity index (χ0v) is 23.0. The number of aliphatic imine (C=N–C) groups is 1. The molecule has 1 aliphatic carbocycles. The third kappa shape index (κ3) is 6.00. The van der Waals surface area contributed by atoms with Crippen molar-refractivity contribution in [2.45, 2.75) is 51.9 Å². The molecule has 0 fully saturated rings. The minimum atomic E-state index is -0.130. The van der Waals surface area contributed by atoms with E-state index >= 15 is 0 Å². The summed E-state index contributed by atoms with van der Waals surface area (Å²) >= 11 is 2.73. The molecule has 5 nitrogen and oxygen atoms in total. The van der Waals surface area contributed by atoms with Crippen LogP contribution < -0.4 is 0 Å². The first-order valence-corrected chi connectivity index (χ1v) is 14.7. The number of carbonyl (C=O) groups excluding carboxylic acids is 2. The Labute approximate surface area is 230 Å². The number of hydrogen-bond donors (Lipinski definition) is 1. The Kier molecular flexibility index (Phi) is 8.25. The molecule has 0 radical (unpaired) electrons. The summed E-state index contributed by atoms with van der Waals surface area (Å²) < 4.78 is 0. The van der Waals surface area contributed by atoms with Crippen molar-refractivity contribution >= 4 is 40.0 Å². The molecule has 1 N–H and O–H groups in total. The molecule has 0 unspecified atom stereocenters. The minimum absolute atomic E-state index is 0.0223. The molecule has 0 amide bonds.